The van der Waals surface area contributed by atoms with Gasteiger partial charge in [-0.2, -0.15) is 5.10 Å². The first-order valence-electron chi connectivity index (χ1n) is 5.45. The summed E-state index contributed by atoms with van der Waals surface area (Å²) in [6.07, 6.45) is 4.15. The minimum Gasteiger partial charge on any atom is -0.378 e. The van der Waals surface area contributed by atoms with Crippen LogP contribution in [0.3, 0.4) is 0 Å². The Morgan fingerprint density at radius 1 is 1.27 bits per heavy atom. The highest BCUT2D eigenvalue weighted by atomic mass is 28.3. The zero-order chi connectivity index (χ0) is 10.9. The SMILES string of the molecule is C[Si](C)(C)n1cc(N2CCOCC2)cn1. The lowest BCUT2D eigenvalue weighted by molar-refractivity contribution is 0.122. The molecule has 1 aliphatic rings. The lowest BCUT2D eigenvalue weighted by Crippen LogP contribution is -2.36. The Labute approximate surface area is 91.9 Å². The van der Waals surface area contributed by atoms with E-state index in [-0.39, 0.29) is 0 Å². The van der Waals surface area contributed by atoms with Gasteiger partial charge in [0.25, 0.3) is 0 Å². The van der Waals surface area contributed by atoms with Gasteiger partial charge in [0.2, 0.25) is 0 Å². The Hall–Kier alpha value is -0.813. The van der Waals surface area contributed by atoms with Gasteiger partial charge in [-0.15, -0.1) is 0 Å². The quantitative estimate of drug-likeness (QED) is 0.713. The Bertz CT molecular complexity index is 326. The molecule has 0 radical (unpaired) electrons. The summed E-state index contributed by atoms with van der Waals surface area (Å²) in [5.41, 5.74) is 1.24. The van der Waals surface area contributed by atoms with Gasteiger partial charge in [-0.3, -0.25) is 4.35 Å². The molecule has 1 saturated heterocycles. The maximum atomic E-state index is 5.34. The lowest BCUT2D eigenvalue weighted by Gasteiger charge is -2.27. The van der Waals surface area contributed by atoms with Gasteiger partial charge in [0, 0.05) is 19.3 Å². The summed E-state index contributed by atoms with van der Waals surface area (Å²) in [6.45, 7) is 10.5. The second-order valence-electron chi connectivity index (χ2n) is 4.91. The van der Waals surface area contributed by atoms with Crippen molar-refractivity contribution in [3.8, 4) is 0 Å². The van der Waals surface area contributed by atoms with E-state index in [0.29, 0.717) is 0 Å². The highest BCUT2D eigenvalue weighted by Gasteiger charge is 2.19. The third-order valence-corrected chi connectivity index (χ3v) is 4.25. The van der Waals surface area contributed by atoms with E-state index in [1.807, 2.05) is 6.20 Å². The molecule has 4 nitrogen and oxygen atoms in total. The van der Waals surface area contributed by atoms with Crippen LogP contribution in [0.2, 0.25) is 19.6 Å². The molecule has 0 aromatic carbocycles. The van der Waals surface area contributed by atoms with Crippen LogP contribution in [-0.2, 0) is 4.74 Å². The van der Waals surface area contributed by atoms with Gasteiger partial charge in [0.15, 0.2) is 8.24 Å². The van der Waals surface area contributed by atoms with Crippen LogP contribution in [-0.4, -0.2) is 44.0 Å². The average molecular weight is 225 g/mol. The van der Waals surface area contributed by atoms with Gasteiger partial charge in [0.1, 0.15) is 0 Å². The molecule has 0 atom stereocenters. The second kappa shape index (κ2) is 3.98. The molecule has 0 aliphatic carbocycles. The molecule has 1 fully saturated rings. The topological polar surface area (TPSA) is 30.3 Å². The van der Waals surface area contributed by atoms with Crippen LogP contribution in [0.15, 0.2) is 12.4 Å². The van der Waals surface area contributed by atoms with Crippen LogP contribution in [0.1, 0.15) is 0 Å². The van der Waals surface area contributed by atoms with E-state index in [1.165, 1.54) is 5.69 Å². The van der Waals surface area contributed by atoms with Crippen molar-refractivity contribution in [2.24, 2.45) is 0 Å². The molecular formula is C10H19N3OSi. The molecular weight excluding hydrogens is 206 g/mol. The Morgan fingerprint density at radius 3 is 2.47 bits per heavy atom. The maximum absolute atomic E-state index is 5.34. The van der Waals surface area contributed by atoms with Crippen molar-refractivity contribution in [3.63, 3.8) is 0 Å². The van der Waals surface area contributed by atoms with Crippen molar-refractivity contribution < 1.29 is 4.74 Å². The molecule has 84 valence electrons. The molecule has 0 spiro atoms. The van der Waals surface area contributed by atoms with Gasteiger partial charge in [-0.05, 0) is 19.6 Å². The summed E-state index contributed by atoms with van der Waals surface area (Å²) >= 11 is 0. The first-order valence-corrected chi connectivity index (χ1v) is 8.90. The van der Waals surface area contributed by atoms with Crippen molar-refractivity contribution in [1.82, 2.24) is 9.45 Å². The monoisotopic (exact) mass is 225 g/mol. The first-order chi connectivity index (χ1) is 7.07. The molecule has 0 saturated carbocycles. The zero-order valence-corrected chi connectivity index (χ0v) is 10.7. The number of ether oxygens (including phenoxy) is 1. The van der Waals surface area contributed by atoms with Crippen LogP contribution >= 0.6 is 0 Å². The second-order valence-corrected chi connectivity index (χ2v) is 9.71. The number of aromatic nitrogens is 2. The molecule has 1 aromatic heterocycles. The van der Waals surface area contributed by atoms with E-state index in [4.69, 9.17) is 4.74 Å². The number of anilines is 1. The molecule has 1 aliphatic heterocycles. The van der Waals surface area contributed by atoms with E-state index in [2.05, 4.69) is 40.2 Å². The van der Waals surface area contributed by atoms with Crippen molar-refractivity contribution in [1.29, 1.82) is 0 Å². The summed E-state index contributed by atoms with van der Waals surface area (Å²) in [6, 6.07) is 0. The summed E-state index contributed by atoms with van der Waals surface area (Å²) in [5, 5.41) is 4.46. The van der Waals surface area contributed by atoms with Gasteiger partial charge in [-0.1, -0.05) is 0 Å². The third kappa shape index (κ3) is 2.41. The summed E-state index contributed by atoms with van der Waals surface area (Å²) in [5.74, 6) is 0. The van der Waals surface area contributed by atoms with E-state index in [1.54, 1.807) is 0 Å². The van der Waals surface area contributed by atoms with E-state index in [9.17, 15) is 0 Å². The predicted octanol–water partition coefficient (Wildman–Crippen LogP) is 1.40. The van der Waals surface area contributed by atoms with Crippen LogP contribution in [0.25, 0.3) is 0 Å². The average Bonchev–Trinajstić information content (AvgIpc) is 2.67. The minimum atomic E-state index is -1.33. The Balaban J connectivity index is 2.12. The van der Waals surface area contributed by atoms with Crippen LogP contribution in [0.4, 0.5) is 5.69 Å². The highest BCUT2D eigenvalue weighted by molar-refractivity contribution is 6.74. The van der Waals surface area contributed by atoms with E-state index < -0.39 is 8.24 Å². The standard InChI is InChI=1S/C10H19N3OSi/c1-15(2,3)13-9-10(8-11-13)12-4-6-14-7-5-12/h8-9H,4-7H2,1-3H3. The first kappa shape index (κ1) is 10.7. The van der Waals surface area contributed by atoms with Crippen molar-refractivity contribution in [2.45, 2.75) is 19.6 Å². The van der Waals surface area contributed by atoms with Crippen molar-refractivity contribution in [3.05, 3.63) is 12.4 Å². The van der Waals surface area contributed by atoms with E-state index in [0.717, 1.165) is 26.3 Å². The van der Waals surface area contributed by atoms with Crippen LogP contribution < -0.4 is 4.90 Å². The zero-order valence-electron chi connectivity index (χ0n) is 9.73. The van der Waals surface area contributed by atoms with Gasteiger partial charge < -0.3 is 9.64 Å². The Morgan fingerprint density at radius 2 is 1.93 bits per heavy atom. The molecule has 5 heteroatoms. The third-order valence-electron chi connectivity index (χ3n) is 2.63. The molecule has 0 amide bonds. The number of hydrogen-bond donors (Lipinski definition) is 0. The molecule has 1 aromatic rings. The highest BCUT2D eigenvalue weighted by Crippen LogP contribution is 2.16. The van der Waals surface area contributed by atoms with Gasteiger partial charge >= 0.3 is 0 Å². The molecule has 0 bridgehead atoms. The Kier molecular flexibility index (Phi) is 2.84. The lowest BCUT2D eigenvalue weighted by atomic mass is 10.4. The fourth-order valence-electron chi connectivity index (χ4n) is 1.67. The van der Waals surface area contributed by atoms with Gasteiger partial charge in [-0.25, -0.2) is 0 Å². The fraction of sp³-hybridized carbons (Fsp3) is 0.700. The number of nitrogens with zero attached hydrogens (tertiary/aromatic N) is 3. The van der Waals surface area contributed by atoms with Crippen molar-refractivity contribution in [2.75, 3.05) is 31.2 Å². The summed E-state index contributed by atoms with van der Waals surface area (Å²) in [7, 11) is -1.33. The number of morpholine rings is 1. The van der Waals surface area contributed by atoms with Crippen LogP contribution in [0.5, 0.6) is 0 Å². The number of rotatable bonds is 2. The molecule has 0 unspecified atom stereocenters. The molecule has 2 heterocycles. The normalized spacial score (nSPS) is 18.2. The molecule has 15 heavy (non-hydrogen) atoms. The molecule has 0 N–H and O–H groups in total. The fourth-order valence-corrected chi connectivity index (χ4v) is 2.59. The molecule has 2 rings (SSSR count). The maximum Gasteiger partial charge on any atom is 0.176 e. The smallest absolute Gasteiger partial charge is 0.176 e. The van der Waals surface area contributed by atoms with Crippen LogP contribution in [0, 0.1) is 0 Å². The predicted molar refractivity (Wildman–Crippen MR) is 64.0 cm³/mol. The summed E-state index contributed by atoms with van der Waals surface area (Å²) in [4.78, 5) is 2.34. The minimum absolute atomic E-state index is 0.831. The number of hydrogen-bond acceptors (Lipinski definition) is 3. The van der Waals surface area contributed by atoms with Crippen molar-refractivity contribution >= 4 is 13.9 Å². The van der Waals surface area contributed by atoms with Gasteiger partial charge in [0.05, 0.1) is 25.1 Å². The van der Waals surface area contributed by atoms with E-state index >= 15 is 0 Å². The summed E-state index contributed by atoms with van der Waals surface area (Å²) < 4.78 is 7.49. The largest absolute Gasteiger partial charge is 0.378 e.